The molecule has 9 heteroatoms. The molecule has 2 N–H and O–H groups in total. The van der Waals surface area contributed by atoms with Crippen molar-refractivity contribution in [3.8, 4) is 17.2 Å². The first-order chi connectivity index (χ1) is 15.3. The van der Waals surface area contributed by atoms with Crippen molar-refractivity contribution < 1.29 is 27.4 Å². The summed E-state index contributed by atoms with van der Waals surface area (Å²) in [5.74, 6) is 1.24. The van der Waals surface area contributed by atoms with Gasteiger partial charge in [-0.25, -0.2) is 13.1 Å². The van der Waals surface area contributed by atoms with Crippen molar-refractivity contribution in [1.82, 2.24) is 10.0 Å². The molecule has 4 rings (SSSR count). The highest BCUT2D eigenvalue weighted by Gasteiger charge is 2.31. The highest BCUT2D eigenvalue weighted by atomic mass is 32.2. The van der Waals surface area contributed by atoms with Gasteiger partial charge in [0.15, 0.2) is 11.5 Å². The number of amides is 1. The van der Waals surface area contributed by atoms with Gasteiger partial charge in [0.25, 0.3) is 5.91 Å². The van der Waals surface area contributed by atoms with Crippen molar-refractivity contribution in [3.05, 3.63) is 47.5 Å². The number of rotatable bonds is 8. The molecular weight excluding hydrogens is 432 g/mol. The van der Waals surface area contributed by atoms with Gasteiger partial charge in [-0.05, 0) is 54.7 Å². The number of hydrogen-bond donors (Lipinski definition) is 2. The maximum Gasteiger partial charge on any atom is 0.251 e. The quantitative estimate of drug-likeness (QED) is 0.628. The normalized spacial score (nSPS) is 16.5. The predicted molar refractivity (Wildman–Crippen MR) is 119 cm³/mol. The van der Waals surface area contributed by atoms with Crippen molar-refractivity contribution >= 4 is 15.9 Å². The third-order valence-corrected chi connectivity index (χ3v) is 7.03. The van der Waals surface area contributed by atoms with Gasteiger partial charge in [-0.3, -0.25) is 4.79 Å². The summed E-state index contributed by atoms with van der Waals surface area (Å²) < 4.78 is 44.7. The molecule has 0 unspecified atom stereocenters. The standard InChI is InChI=1S/C23H28N2O6S/c1-14(2)22(15-4-8-18-20(12-15)31-11-10-30-18)24-23(26)16-5-9-19(29-3)21(13-16)32(27,28)25-17-6-7-17/h4-5,8-9,12-14,17,22,25H,6-7,10-11H2,1-3H3,(H,24,26)/t22-/m0/s1. The molecule has 1 fully saturated rings. The van der Waals surface area contributed by atoms with Gasteiger partial charge in [-0.15, -0.1) is 0 Å². The van der Waals surface area contributed by atoms with Gasteiger partial charge in [0.1, 0.15) is 23.9 Å². The van der Waals surface area contributed by atoms with Crippen molar-refractivity contribution in [1.29, 1.82) is 0 Å². The smallest absolute Gasteiger partial charge is 0.251 e. The fourth-order valence-electron chi connectivity index (χ4n) is 3.62. The van der Waals surface area contributed by atoms with Gasteiger partial charge in [0.05, 0.1) is 13.2 Å². The molecule has 1 aliphatic heterocycles. The lowest BCUT2D eigenvalue weighted by atomic mass is 9.95. The molecule has 1 amide bonds. The van der Waals surface area contributed by atoms with E-state index in [2.05, 4.69) is 10.0 Å². The van der Waals surface area contributed by atoms with Crippen LogP contribution < -0.4 is 24.2 Å². The lowest BCUT2D eigenvalue weighted by molar-refractivity contribution is 0.0925. The van der Waals surface area contributed by atoms with Crippen molar-refractivity contribution in [2.45, 2.75) is 43.7 Å². The third kappa shape index (κ3) is 4.83. The zero-order chi connectivity index (χ0) is 22.9. The highest BCUT2D eigenvalue weighted by molar-refractivity contribution is 7.89. The number of fused-ring (bicyclic) bond motifs is 1. The van der Waals surface area contributed by atoms with Crippen LogP contribution in [0.4, 0.5) is 0 Å². The first-order valence-corrected chi connectivity index (χ1v) is 12.2. The summed E-state index contributed by atoms with van der Waals surface area (Å²) in [5, 5.41) is 3.03. The van der Waals surface area contributed by atoms with Crippen LogP contribution in [-0.2, 0) is 10.0 Å². The monoisotopic (exact) mass is 460 g/mol. The minimum atomic E-state index is -3.79. The number of methoxy groups -OCH3 is 1. The van der Waals surface area contributed by atoms with Crippen LogP contribution in [0.1, 0.15) is 48.7 Å². The minimum Gasteiger partial charge on any atom is -0.495 e. The molecule has 0 aromatic heterocycles. The fourth-order valence-corrected chi connectivity index (χ4v) is 5.12. The van der Waals surface area contributed by atoms with E-state index >= 15 is 0 Å². The van der Waals surface area contributed by atoms with Crippen LogP contribution in [-0.4, -0.2) is 40.7 Å². The molecule has 2 aromatic carbocycles. The molecule has 1 heterocycles. The maximum atomic E-state index is 13.1. The SMILES string of the molecule is COc1ccc(C(=O)N[C@H](c2ccc3c(c2)OCCO3)C(C)C)cc1S(=O)(=O)NC1CC1. The Labute approximate surface area is 188 Å². The Morgan fingerprint density at radius 2 is 1.78 bits per heavy atom. The van der Waals surface area contributed by atoms with E-state index in [9.17, 15) is 13.2 Å². The summed E-state index contributed by atoms with van der Waals surface area (Å²) in [5.41, 5.74) is 1.12. The summed E-state index contributed by atoms with van der Waals surface area (Å²) in [6, 6.07) is 9.70. The van der Waals surface area contributed by atoms with Gasteiger partial charge in [0, 0.05) is 11.6 Å². The van der Waals surface area contributed by atoms with Crippen LogP contribution in [0.3, 0.4) is 0 Å². The average molecular weight is 461 g/mol. The second-order valence-electron chi connectivity index (χ2n) is 8.36. The van der Waals surface area contributed by atoms with E-state index in [4.69, 9.17) is 14.2 Å². The molecule has 32 heavy (non-hydrogen) atoms. The molecule has 0 bridgehead atoms. The topological polar surface area (TPSA) is 103 Å². The Balaban J connectivity index is 1.59. The van der Waals surface area contributed by atoms with Gasteiger partial charge >= 0.3 is 0 Å². The molecule has 1 saturated carbocycles. The van der Waals surface area contributed by atoms with E-state index in [0.29, 0.717) is 24.7 Å². The third-order valence-electron chi connectivity index (χ3n) is 5.49. The number of carbonyl (C=O) groups excluding carboxylic acids is 1. The molecule has 1 atom stereocenters. The van der Waals surface area contributed by atoms with Crippen LogP contribution in [0.2, 0.25) is 0 Å². The highest BCUT2D eigenvalue weighted by Crippen LogP contribution is 2.35. The summed E-state index contributed by atoms with van der Waals surface area (Å²) >= 11 is 0. The van der Waals surface area contributed by atoms with E-state index in [1.54, 1.807) is 6.07 Å². The van der Waals surface area contributed by atoms with Crippen molar-refractivity contribution in [2.24, 2.45) is 5.92 Å². The summed E-state index contributed by atoms with van der Waals surface area (Å²) in [4.78, 5) is 13.1. The van der Waals surface area contributed by atoms with Crippen molar-refractivity contribution in [2.75, 3.05) is 20.3 Å². The Morgan fingerprint density at radius 1 is 1.06 bits per heavy atom. The first kappa shape index (κ1) is 22.4. The van der Waals surface area contributed by atoms with Crippen LogP contribution in [0.15, 0.2) is 41.3 Å². The van der Waals surface area contributed by atoms with E-state index < -0.39 is 10.0 Å². The molecule has 1 aliphatic carbocycles. The molecule has 2 aliphatic rings. The Bertz CT molecular complexity index is 1110. The average Bonchev–Trinajstić information content (AvgIpc) is 3.59. The number of sulfonamides is 1. The molecular formula is C23H28N2O6S. The van der Waals surface area contributed by atoms with E-state index in [-0.39, 0.29) is 40.1 Å². The second-order valence-corrected chi connectivity index (χ2v) is 10.0. The van der Waals surface area contributed by atoms with Crippen molar-refractivity contribution in [3.63, 3.8) is 0 Å². The molecule has 2 aromatic rings. The number of ether oxygens (including phenoxy) is 3. The van der Waals surface area contributed by atoms with Gasteiger partial charge in [0.2, 0.25) is 10.0 Å². The molecule has 0 saturated heterocycles. The van der Waals surface area contributed by atoms with Gasteiger partial charge < -0.3 is 19.5 Å². The first-order valence-electron chi connectivity index (χ1n) is 10.7. The molecule has 0 radical (unpaired) electrons. The zero-order valence-electron chi connectivity index (χ0n) is 18.4. The largest absolute Gasteiger partial charge is 0.495 e. The van der Waals surface area contributed by atoms with Crippen LogP contribution in [0.25, 0.3) is 0 Å². The van der Waals surface area contributed by atoms with Gasteiger partial charge in [-0.1, -0.05) is 19.9 Å². The fraction of sp³-hybridized carbons (Fsp3) is 0.435. The van der Waals surface area contributed by atoms with Gasteiger partial charge in [-0.2, -0.15) is 0 Å². The number of hydrogen-bond acceptors (Lipinski definition) is 6. The predicted octanol–water partition coefficient (Wildman–Crippen LogP) is 3.03. The van der Waals surface area contributed by atoms with Crippen LogP contribution >= 0.6 is 0 Å². The summed E-state index contributed by atoms with van der Waals surface area (Å²) in [7, 11) is -2.38. The lowest BCUT2D eigenvalue weighted by Crippen LogP contribution is -2.32. The maximum absolute atomic E-state index is 13.1. The molecule has 172 valence electrons. The van der Waals surface area contributed by atoms with E-state index in [0.717, 1.165) is 18.4 Å². The zero-order valence-corrected chi connectivity index (χ0v) is 19.2. The number of benzene rings is 2. The Kier molecular flexibility index (Phi) is 6.30. The Hall–Kier alpha value is -2.78. The summed E-state index contributed by atoms with van der Waals surface area (Å²) in [6.07, 6.45) is 1.63. The number of nitrogens with one attached hydrogen (secondary N) is 2. The lowest BCUT2D eigenvalue weighted by Gasteiger charge is -2.25. The summed E-state index contributed by atoms with van der Waals surface area (Å²) in [6.45, 7) is 5.00. The van der Waals surface area contributed by atoms with E-state index in [1.807, 2.05) is 32.0 Å². The molecule has 8 nitrogen and oxygen atoms in total. The van der Waals surface area contributed by atoms with Crippen LogP contribution in [0, 0.1) is 5.92 Å². The van der Waals surface area contributed by atoms with E-state index in [1.165, 1.54) is 19.2 Å². The molecule has 0 spiro atoms. The minimum absolute atomic E-state index is 0.0417. The van der Waals surface area contributed by atoms with Crippen LogP contribution in [0.5, 0.6) is 17.2 Å². The number of carbonyl (C=O) groups is 1. The second kappa shape index (κ2) is 8.99. The Morgan fingerprint density at radius 3 is 2.44 bits per heavy atom.